The van der Waals surface area contributed by atoms with E-state index in [1.54, 1.807) is 36.4 Å². The van der Waals surface area contributed by atoms with Crippen molar-refractivity contribution < 1.29 is 31.5 Å². The highest BCUT2D eigenvalue weighted by atomic mass is 32.2. The molecular formula is C22H23N3O7S2. The number of ether oxygens (including phenoxy) is 1. The lowest BCUT2D eigenvalue weighted by atomic mass is 10.1. The normalized spacial score (nSPS) is 11.9. The minimum Gasteiger partial charge on any atom is -0.482 e. The number of carboxylic acid groups (broad SMARTS) is 1. The van der Waals surface area contributed by atoms with Gasteiger partial charge in [-0.25, -0.2) is 26.8 Å². The Hall–Kier alpha value is -3.32. The van der Waals surface area contributed by atoms with Crippen LogP contribution in [0.25, 0.3) is 0 Å². The van der Waals surface area contributed by atoms with Gasteiger partial charge in [0.15, 0.2) is 6.61 Å². The molecular weight excluding hydrogens is 482 g/mol. The number of pyridine rings is 1. The number of sulfonamides is 2. The predicted octanol–water partition coefficient (Wildman–Crippen LogP) is 1.63. The molecule has 2 aromatic carbocycles. The van der Waals surface area contributed by atoms with Crippen LogP contribution < -0.4 is 9.88 Å². The fraction of sp³-hybridized carbons (Fsp3) is 0.182. The van der Waals surface area contributed by atoms with Gasteiger partial charge in [0, 0.05) is 25.5 Å². The van der Waals surface area contributed by atoms with Gasteiger partial charge in [-0.15, -0.1) is 0 Å². The number of aliphatic carboxylic acids is 1. The molecule has 0 aliphatic rings. The highest BCUT2D eigenvalue weighted by Crippen LogP contribution is 2.21. The lowest BCUT2D eigenvalue weighted by Crippen LogP contribution is -2.32. The van der Waals surface area contributed by atoms with Crippen molar-refractivity contribution in [1.82, 2.24) is 9.29 Å². The number of nitrogens with zero attached hydrogens (tertiary/aromatic N) is 2. The smallest absolute Gasteiger partial charge is 0.341 e. The Bertz CT molecular complexity index is 1340. The monoisotopic (exact) mass is 505 g/mol. The second-order valence-electron chi connectivity index (χ2n) is 7.30. The molecule has 0 saturated heterocycles. The van der Waals surface area contributed by atoms with E-state index in [2.05, 4.69) is 4.98 Å². The molecule has 0 radical (unpaired) electrons. The molecule has 0 fully saturated rings. The van der Waals surface area contributed by atoms with E-state index in [1.807, 2.05) is 0 Å². The van der Waals surface area contributed by atoms with Gasteiger partial charge in [-0.05, 0) is 53.9 Å². The number of rotatable bonds is 11. The fourth-order valence-corrected chi connectivity index (χ4v) is 5.02. The molecule has 10 nitrogen and oxygen atoms in total. The van der Waals surface area contributed by atoms with E-state index in [0.29, 0.717) is 17.7 Å². The highest BCUT2D eigenvalue weighted by Gasteiger charge is 2.25. The summed E-state index contributed by atoms with van der Waals surface area (Å²) < 4.78 is 56.0. The third-order valence-electron chi connectivity index (χ3n) is 4.79. The average molecular weight is 506 g/mol. The van der Waals surface area contributed by atoms with Crippen molar-refractivity contribution in [1.29, 1.82) is 0 Å². The number of hydrogen-bond donors (Lipinski definition) is 2. The number of carbonyl (C=O) groups is 1. The van der Waals surface area contributed by atoms with E-state index in [4.69, 9.17) is 15.0 Å². The van der Waals surface area contributed by atoms with Gasteiger partial charge in [-0.2, -0.15) is 4.31 Å². The van der Waals surface area contributed by atoms with Crippen LogP contribution in [0.2, 0.25) is 0 Å². The lowest BCUT2D eigenvalue weighted by Gasteiger charge is -2.22. The molecule has 3 rings (SSSR count). The Balaban J connectivity index is 1.85. The lowest BCUT2D eigenvalue weighted by molar-refractivity contribution is -0.139. The zero-order chi connectivity index (χ0) is 24.8. The zero-order valence-electron chi connectivity index (χ0n) is 17.9. The molecule has 0 aliphatic carbocycles. The molecule has 180 valence electrons. The molecule has 0 amide bonds. The predicted molar refractivity (Wildman–Crippen MR) is 123 cm³/mol. The topological polar surface area (TPSA) is 157 Å². The molecule has 1 heterocycles. The number of nitrogens with two attached hydrogens (primary N) is 1. The van der Waals surface area contributed by atoms with Crippen LogP contribution in [0.1, 0.15) is 11.1 Å². The van der Waals surface area contributed by atoms with Gasteiger partial charge in [-0.3, -0.25) is 4.98 Å². The Kier molecular flexibility index (Phi) is 7.99. The molecule has 3 aromatic rings. The first-order chi connectivity index (χ1) is 16.1. The summed E-state index contributed by atoms with van der Waals surface area (Å²) in [6.07, 6.45) is 3.04. The SMILES string of the molecule is NS(=O)(=O)c1ccc(CCN(Cc2cccc(OCC(=O)O)c2)S(=O)(=O)c2cccnc2)cc1. The third-order valence-corrected chi connectivity index (χ3v) is 7.55. The minimum atomic E-state index is -3.92. The maximum Gasteiger partial charge on any atom is 0.341 e. The largest absolute Gasteiger partial charge is 0.482 e. The van der Waals surface area contributed by atoms with Crippen molar-refractivity contribution in [2.45, 2.75) is 22.8 Å². The molecule has 1 aromatic heterocycles. The molecule has 3 N–H and O–H groups in total. The number of aromatic nitrogens is 1. The summed E-state index contributed by atoms with van der Waals surface area (Å²) >= 11 is 0. The van der Waals surface area contributed by atoms with Crippen LogP contribution in [0.5, 0.6) is 5.75 Å². The van der Waals surface area contributed by atoms with Crippen LogP contribution >= 0.6 is 0 Å². The first-order valence-corrected chi connectivity index (χ1v) is 13.0. The second kappa shape index (κ2) is 10.7. The third kappa shape index (κ3) is 6.84. The number of carboxylic acids is 1. The average Bonchev–Trinajstić information content (AvgIpc) is 2.81. The summed E-state index contributed by atoms with van der Waals surface area (Å²) in [7, 11) is -7.75. The summed E-state index contributed by atoms with van der Waals surface area (Å²) in [5.74, 6) is -0.822. The maximum absolute atomic E-state index is 13.3. The Morgan fingerprint density at radius 1 is 0.971 bits per heavy atom. The van der Waals surface area contributed by atoms with Crippen LogP contribution in [0, 0.1) is 0 Å². The van der Waals surface area contributed by atoms with E-state index < -0.39 is 32.6 Å². The second-order valence-corrected chi connectivity index (χ2v) is 10.8. The molecule has 0 unspecified atom stereocenters. The molecule has 0 bridgehead atoms. The van der Waals surface area contributed by atoms with E-state index in [-0.39, 0.29) is 22.9 Å². The van der Waals surface area contributed by atoms with E-state index in [9.17, 15) is 21.6 Å². The molecule has 0 spiro atoms. The maximum atomic E-state index is 13.3. The van der Waals surface area contributed by atoms with Gasteiger partial charge in [0.05, 0.1) is 4.90 Å². The standard InChI is InChI=1S/C22H23N3O7S2/c23-33(28,29)20-8-6-17(7-9-20)10-12-25(34(30,31)21-5-2-11-24-14-21)15-18-3-1-4-19(13-18)32-16-22(26)27/h1-9,11,13-14H,10,12,15-16H2,(H,26,27)(H2,23,28,29). The fourth-order valence-electron chi connectivity index (χ4n) is 3.11. The van der Waals surface area contributed by atoms with E-state index in [0.717, 1.165) is 5.56 Å². The molecule has 0 aliphatic heterocycles. The van der Waals surface area contributed by atoms with Gasteiger partial charge < -0.3 is 9.84 Å². The quantitative estimate of drug-likeness (QED) is 0.398. The van der Waals surface area contributed by atoms with Crippen LogP contribution in [0.4, 0.5) is 0 Å². The van der Waals surface area contributed by atoms with Gasteiger partial charge in [-0.1, -0.05) is 24.3 Å². The van der Waals surface area contributed by atoms with Crippen molar-refractivity contribution in [3.05, 3.63) is 84.2 Å². The molecule has 12 heteroatoms. The van der Waals surface area contributed by atoms with E-state index >= 15 is 0 Å². The van der Waals surface area contributed by atoms with Gasteiger partial charge >= 0.3 is 5.97 Å². The summed E-state index contributed by atoms with van der Waals surface area (Å²) in [5, 5.41) is 13.9. The Morgan fingerprint density at radius 3 is 2.32 bits per heavy atom. The van der Waals surface area contributed by atoms with Crippen molar-refractivity contribution in [2.75, 3.05) is 13.2 Å². The number of benzene rings is 2. The summed E-state index contributed by atoms with van der Waals surface area (Å²) in [6, 6.07) is 15.4. The molecule has 0 saturated carbocycles. The molecule has 0 atom stereocenters. The molecule has 34 heavy (non-hydrogen) atoms. The Labute approximate surface area is 197 Å². The van der Waals surface area contributed by atoms with Crippen molar-refractivity contribution in [2.24, 2.45) is 5.14 Å². The van der Waals surface area contributed by atoms with Crippen molar-refractivity contribution >= 4 is 26.0 Å². The van der Waals surface area contributed by atoms with Gasteiger partial charge in [0.2, 0.25) is 20.0 Å². The minimum absolute atomic E-state index is 0.00321. The van der Waals surface area contributed by atoms with Crippen molar-refractivity contribution in [3.8, 4) is 5.75 Å². The van der Waals surface area contributed by atoms with Crippen molar-refractivity contribution in [3.63, 3.8) is 0 Å². The number of hydrogen-bond acceptors (Lipinski definition) is 7. The van der Waals surface area contributed by atoms with Crippen LogP contribution in [0.3, 0.4) is 0 Å². The first-order valence-electron chi connectivity index (χ1n) is 10.0. The van der Waals surface area contributed by atoms with E-state index in [1.165, 1.54) is 41.0 Å². The van der Waals surface area contributed by atoms with Crippen LogP contribution in [0.15, 0.2) is 82.8 Å². The summed E-state index contributed by atoms with van der Waals surface area (Å²) in [4.78, 5) is 14.6. The highest BCUT2D eigenvalue weighted by molar-refractivity contribution is 7.89. The van der Waals surface area contributed by atoms with Gasteiger partial charge in [0.1, 0.15) is 10.6 Å². The van der Waals surface area contributed by atoms with Gasteiger partial charge in [0.25, 0.3) is 0 Å². The number of primary sulfonamides is 1. The first kappa shape index (κ1) is 25.3. The summed E-state index contributed by atoms with van der Waals surface area (Å²) in [6.45, 7) is -0.432. The zero-order valence-corrected chi connectivity index (χ0v) is 19.6. The summed E-state index contributed by atoms with van der Waals surface area (Å²) in [5.41, 5.74) is 1.32. The Morgan fingerprint density at radius 2 is 1.71 bits per heavy atom. The van der Waals surface area contributed by atoms with Crippen LogP contribution in [-0.2, 0) is 37.8 Å². The van der Waals surface area contributed by atoms with Crippen LogP contribution in [-0.4, -0.2) is 50.4 Å².